The van der Waals surface area contributed by atoms with E-state index in [0.29, 0.717) is 6.54 Å². The standard InChI is InChI=1S/C22H32N4O2S.HI/c1-6-23-21(25-17-22(2,3)19-10-8-7-9-11-19)24-16-18-12-14-20(15-13-18)29(27,28)26(4)5;/h7-15H,6,16-17H2,1-5H3,(H2,23,24,25);1H. The quantitative estimate of drug-likeness (QED) is 0.303. The molecule has 8 heteroatoms. The fourth-order valence-corrected chi connectivity index (χ4v) is 3.69. The molecule has 0 saturated heterocycles. The lowest BCUT2D eigenvalue weighted by Crippen LogP contribution is -2.43. The molecule has 6 nitrogen and oxygen atoms in total. The van der Waals surface area contributed by atoms with Crippen LogP contribution in [0.2, 0.25) is 0 Å². The third-order valence-electron chi connectivity index (χ3n) is 4.72. The van der Waals surface area contributed by atoms with Crippen molar-refractivity contribution in [2.45, 2.75) is 37.6 Å². The molecule has 2 rings (SSSR count). The third-order valence-corrected chi connectivity index (χ3v) is 6.55. The maximum absolute atomic E-state index is 12.2. The number of rotatable bonds is 8. The molecular formula is C22H33IN4O2S. The average Bonchev–Trinajstić information content (AvgIpc) is 2.71. The van der Waals surface area contributed by atoms with Crippen LogP contribution in [0.4, 0.5) is 0 Å². The van der Waals surface area contributed by atoms with Crippen molar-refractivity contribution in [3.05, 3.63) is 65.7 Å². The fraction of sp³-hybridized carbons (Fsp3) is 0.409. The monoisotopic (exact) mass is 544 g/mol. The van der Waals surface area contributed by atoms with Crippen LogP contribution in [0.25, 0.3) is 0 Å². The maximum Gasteiger partial charge on any atom is 0.242 e. The van der Waals surface area contributed by atoms with Crippen LogP contribution in [0.15, 0.2) is 64.5 Å². The summed E-state index contributed by atoms with van der Waals surface area (Å²) in [5, 5.41) is 6.68. The Morgan fingerprint density at radius 2 is 1.60 bits per heavy atom. The second-order valence-electron chi connectivity index (χ2n) is 7.73. The molecule has 0 aliphatic carbocycles. The number of benzene rings is 2. The van der Waals surface area contributed by atoms with Gasteiger partial charge in [0.05, 0.1) is 11.4 Å². The van der Waals surface area contributed by atoms with Gasteiger partial charge >= 0.3 is 0 Å². The number of guanidine groups is 1. The van der Waals surface area contributed by atoms with E-state index in [4.69, 9.17) is 0 Å². The molecule has 0 spiro atoms. The Kier molecular flexibility index (Phi) is 10.3. The summed E-state index contributed by atoms with van der Waals surface area (Å²) < 4.78 is 25.5. The molecule has 2 aromatic rings. The Morgan fingerprint density at radius 3 is 2.13 bits per heavy atom. The third kappa shape index (κ3) is 7.24. The number of nitrogens with zero attached hydrogens (tertiary/aromatic N) is 2. The molecule has 0 bridgehead atoms. The van der Waals surface area contributed by atoms with Crippen LogP contribution in [0.3, 0.4) is 0 Å². The first-order chi connectivity index (χ1) is 13.7. The summed E-state index contributed by atoms with van der Waals surface area (Å²) in [5.74, 6) is 0.737. The van der Waals surface area contributed by atoms with Crippen molar-refractivity contribution < 1.29 is 8.42 Å². The van der Waals surface area contributed by atoms with Gasteiger partial charge in [-0.15, -0.1) is 24.0 Å². The molecule has 0 radical (unpaired) electrons. The Hall–Kier alpha value is -1.65. The molecule has 0 atom stereocenters. The molecule has 0 unspecified atom stereocenters. The van der Waals surface area contributed by atoms with Crippen LogP contribution < -0.4 is 10.6 Å². The molecule has 2 aromatic carbocycles. The van der Waals surface area contributed by atoms with Gasteiger partial charge in [0, 0.05) is 32.6 Å². The fourth-order valence-electron chi connectivity index (χ4n) is 2.79. The second-order valence-corrected chi connectivity index (χ2v) is 9.88. The molecule has 0 aliphatic heterocycles. The van der Waals surface area contributed by atoms with Gasteiger partial charge in [0.1, 0.15) is 0 Å². The number of halogens is 1. The molecule has 0 aromatic heterocycles. The predicted octanol–water partition coefficient (Wildman–Crippen LogP) is 3.59. The molecule has 0 amide bonds. The van der Waals surface area contributed by atoms with Gasteiger partial charge in [-0.3, -0.25) is 0 Å². The summed E-state index contributed by atoms with van der Waals surface area (Å²) in [6.07, 6.45) is 0. The maximum atomic E-state index is 12.2. The lowest BCUT2D eigenvalue weighted by Gasteiger charge is -2.26. The van der Waals surface area contributed by atoms with E-state index < -0.39 is 10.0 Å². The zero-order valence-electron chi connectivity index (χ0n) is 18.3. The van der Waals surface area contributed by atoms with Gasteiger partial charge in [-0.2, -0.15) is 0 Å². The van der Waals surface area contributed by atoms with E-state index in [1.54, 1.807) is 24.3 Å². The zero-order chi connectivity index (χ0) is 21.5. The molecule has 0 fully saturated rings. The van der Waals surface area contributed by atoms with Crippen LogP contribution in [0.1, 0.15) is 31.9 Å². The molecule has 0 saturated carbocycles. The van der Waals surface area contributed by atoms with Gasteiger partial charge in [0.2, 0.25) is 10.0 Å². The summed E-state index contributed by atoms with van der Waals surface area (Å²) in [6.45, 7) is 8.38. The minimum absolute atomic E-state index is 0. The van der Waals surface area contributed by atoms with Crippen LogP contribution >= 0.6 is 24.0 Å². The largest absolute Gasteiger partial charge is 0.357 e. The molecule has 0 aliphatic rings. The first-order valence-electron chi connectivity index (χ1n) is 9.76. The number of sulfonamides is 1. The average molecular weight is 545 g/mol. The molecule has 166 valence electrons. The van der Waals surface area contributed by atoms with Crippen LogP contribution in [-0.2, 0) is 22.0 Å². The summed E-state index contributed by atoms with van der Waals surface area (Å²) in [5.41, 5.74) is 2.17. The van der Waals surface area contributed by atoms with Crippen LogP contribution in [0.5, 0.6) is 0 Å². The highest BCUT2D eigenvalue weighted by Gasteiger charge is 2.20. The van der Waals surface area contributed by atoms with Gasteiger partial charge in [-0.1, -0.05) is 56.3 Å². The number of aliphatic imine (C=N–C) groups is 1. The minimum Gasteiger partial charge on any atom is -0.357 e. The van der Waals surface area contributed by atoms with Crippen molar-refractivity contribution in [1.29, 1.82) is 0 Å². The normalized spacial score (nSPS) is 12.4. The van der Waals surface area contributed by atoms with Gasteiger partial charge in [-0.05, 0) is 30.2 Å². The van der Waals surface area contributed by atoms with Crippen molar-refractivity contribution in [2.75, 3.05) is 27.2 Å². The molecule has 30 heavy (non-hydrogen) atoms. The highest BCUT2D eigenvalue weighted by atomic mass is 127. The van der Waals surface area contributed by atoms with Gasteiger partial charge in [0.25, 0.3) is 0 Å². The van der Waals surface area contributed by atoms with Gasteiger partial charge in [-0.25, -0.2) is 17.7 Å². The van der Waals surface area contributed by atoms with E-state index in [2.05, 4.69) is 53.7 Å². The van der Waals surface area contributed by atoms with Crippen molar-refractivity contribution in [1.82, 2.24) is 14.9 Å². The first kappa shape index (κ1) is 26.4. The minimum atomic E-state index is -3.41. The lowest BCUT2D eigenvalue weighted by atomic mass is 9.85. The lowest BCUT2D eigenvalue weighted by molar-refractivity contribution is 0.508. The van der Waals surface area contributed by atoms with Crippen molar-refractivity contribution >= 4 is 40.0 Å². The van der Waals surface area contributed by atoms with E-state index in [9.17, 15) is 8.42 Å². The van der Waals surface area contributed by atoms with Gasteiger partial charge in [0.15, 0.2) is 5.96 Å². The molecule has 0 heterocycles. The van der Waals surface area contributed by atoms with Crippen molar-refractivity contribution in [3.8, 4) is 0 Å². The summed E-state index contributed by atoms with van der Waals surface area (Å²) in [6, 6.07) is 17.2. The Balaban J connectivity index is 0.00000450. The van der Waals surface area contributed by atoms with Crippen molar-refractivity contribution in [3.63, 3.8) is 0 Å². The molecular weight excluding hydrogens is 511 g/mol. The van der Waals surface area contributed by atoms with E-state index in [-0.39, 0.29) is 34.3 Å². The van der Waals surface area contributed by atoms with E-state index in [1.807, 2.05) is 13.0 Å². The van der Waals surface area contributed by atoms with E-state index in [0.717, 1.165) is 24.6 Å². The second kappa shape index (κ2) is 11.7. The van der Waals surface area contributed by atoms with E-state index in [1.165, 1.54) is 24.0 Å². The topological polar surface area (TPSA) is 73.8 Å². The Labute approximate surface area is 198 Å². The van der Waals surface area contributed by atoms with Crippen LogP contribution in [0, 0.1) is 0 Å². The summed E-state index contributed by atoms with van der Waals surface area (Å²) in [7, 11) is -0.359. The Morgan fingerprint density at radius 1 is 1.00 bits per heavy atom. The van der Waals surface area contributed by atoms with Crippen LogP contribution in [-0.4, -0.2) is 45.9 Å². The first-order valence-corrected chi connectivity index (χ1v) is 11.2. The zero-order valence-corrected chi connectivity index (χ0v) is 21.5. The highest BCUT2D eigenvalue weighted by molar-refractivity contribution is 14.0. The SMILES string of the molecule is CCNC(=NCc1ccc(S(=O)(=O)N(C)C)cc1)NCC(C)(C)c1ccccc1.I. The smallest absolute Gasteiger partial charge is 0.242 e. The molecule has 2 N–H and O–H groups in total. The van der Waals surface area contributed by atoms with Crippen molar-refractivity contribution in [2.24, 2.45) is 4.99 Å². The highest BCUT2D eigenvalue weighted by Crippen LogP contribution is 2.21. The predicted molar refractivity (Wildman–Crippen MR) is 135 cm³/mol. The van der Waals surface area contributed by atoms with E-state index >= 15 is 0 Å². The summed E-state index contributed by atoms with van der Waals surface area (Å²) >= 11 is 0. The summed E-state index contributed by atoms with van der Waals surface area (Å²) in [4.78, 5) is 4.92. The number of hydrogen-bond donors (Lipinski definition) is 2. The number of nitrogens with one attached hydrogen (secondary N) is 2. The Bertz CT molecular complexity index is 912. The number of hydrogen-bond acceptors (Lipinski definition) is 3. The van der Waals surface area contributed by atoms with Gasteiger partial charge < -0.3 is 10.6 Å².